The highest BCUT2D eigenvalue weighted by atomic mass is 79.9. The van der Waals surface area contributed by atoms with E-state index >= 15 is 0 Å². The minimum Gasteiger partial charge on any atom is -0.496 e. The maximum atomic E-state index is 13.4. The van der Waals surface area contributed by atoms with Crippen molar-refractivity contribution in [1.29, 1.82) is 0 Å². The lowest BCUT2D eigenvalue weighted by molar-refractivity contribution is 0.410. The zero-order chi connectivity index (χ0) is 10.6. The molecule has 14 heavy (non-hydrogen) atoms. The van der Waals surface area contributed by atoms with Crippen molar-refractivity contribution in [2.45, 2.75) is 0 Å². The van der Waals surface area contributed by atoms with Crippen molar-refractivity contribution in [2.24, 2.45) is 5.10 Å². The van der Waals surface area contributed by atoms with Crippen LogP contribution in [0.3, 0.4) is 0 Å². The molecule has 0 unspecified atom stereocenters. The van der Waals surface area contributed by atoms with Gasteiger partial charge in [-0.1, -0.05) is 6.07 Å². The van der Waals surface area contributed by atoms with Crippen molar-refractivity contribution in [3.8, 4) is 5.75 Å². The average molecular weight is 261 g/mol. The van der Waals surface area contributed by atoms with E-state index in [1.807, 2.05) is 0 Å². The van der Waals surface area contributed by atoms with Crippen LogP contribution in [0.5, 0.6) is 5.75 Å². The van der Waals surface area contributed by atoms with E-state index < -0.39 is 0 Å². The molecule has 0 aliphatic carbocycles. The van der Waals surface area contributed by atoms with Gasteiger partial charge in [0, 0.05) is 7.05 Å². The number of nitrogens with one attached hydrogen (secondary N) is 1. The van der Waals surface area contributed by atoms with Crippen molar-refractivity contribution in [2.75, 3.05) is 14.2 Å². The first-order valence-corrected chi connectivity index (χ1v) is 4.72. The van der Waals surface area contributed by atoms with Crippen LogP contribution in [0.15, 0.2) is 23.3 Å². The minimum atomic E-state index is -0.379. The predicted molar refractivity (Wildman–Crippen MR) is 57.5 cm³/mol. The van der Waals surface area contributed by atoms with Crippen molar-refractivity contribution >= 4 is 20.6 Å². The number of hydrazone groups is 1. The molecule has 0 bridgehead atoms. The van der Waals surface area contributed by atoms with Crippen LogP contribution in [0.1, 0.15) is 5.56 Å². The molecule has 0 aromatic heterocycles. The van der Waals surface area contributed by atoms with Gasteiger partial charge < -0.3 is 10.2 Å². The summed E-state index contributed by atoms with van der Waals surface area (Å²) in [7, 11) is 3.12. The molecule has 76 valence electrons. The van der Waals surface area contributed by atoms with Gasteiger partial charge in [-0.25, -0.2) is 4.39 Å². The number of nitrogens with zero attached hydrogens (tertiary/aromatic N) is 1. The lowest BCUT2D eigenvalue weighted by atomic mass is 10.2. The van der Waals surface area contributed by atoms with Crippen LogP contribution in [0.4, 0.5) is 4.39 Å². The van der Waals surface area contributed by atoms with Crippen LogP contribution in [-0.2, 0) is 0 Å². The molecule has 1 rings (SSSR count). The molecule has 0 amide bonds. The second-order valence-corrected chi connectivity index (χ2v) is 3.19. The number of halogens is 2. The molecule has 0 saturated carbocycles. The molecule has 0 spiro atoms. The summed E-state index contributed by atoms with van der Waals surface area (Å²) in [5.74, 6) is 0.0612. The average Bonchev–Trinajstić information content (AvgIpc) is 2.17. The van der Waals surface area contributed by atoms with E-state index in [4.69, 9.17) is 4.74 Å². The summed E-state index contributed by atoms with van der Waals surface area (Å²) in [5.41, 5.74) is 2.87. The fourth-order valence-electron chi connectivity index (χ4n) is 1.03. The lowest BCUT2D eigenvalue weighted by Crippen LogP contribution is -2.04. The number of methoxy groups -OCH3 is 1. The maximum Gasteiger partial charge on any atom is 0.139 e. The number of hydrogen-bond acceptors (Lipinski definition) is 3. The number of ether oxygens (including phenoxy) is 1. The van der Waals surface area contributed by atoms with Crippen LogP contribution in [0.25, 0.3) is 0 Å². The van der Waals surface area contributed by atoms with Gasteiger partial charge in [-0.15, -0.1) is 0 Å². The van der Waals surface area contributed by atoms with Gasteiger partial charge >= 0.3 is 0 Å². The monoisotopic (exact) mass is 260 g/mol. The second kappa shape index (κ2) is 4.95. The highest BCUT2D eigenvalue weighted by Gasteiger charge is 2.12. The normalized spacial score (nSPS) is 11.3. The zero-order valence-corrected chi connectivity index (χ0v) is 9.43. The van der Waals surface area contributed by atoms with Gasteiger partial charge in [-0.05, 0) is 28.1 Å². The Kier molecular flexibility index (Phi) is 3.88. The van der Waals surface area contributed by atoms with E-state index in [2.05, 4.69) is 26.5 Å². The summed E-state index contributed by atoms with van der Waals surface area (Å²) in [6.45, 7) is 0. The topological polar surface area (TPSA) is 33.6 Å². The lowest BCUT2D eigenvalue weighted by Gasteiger charge is -2.07. The molecule has 0 aliphatic heterocycles. The van der Waals surface area contributed by atoms with Gasteiger partial charge in [-0.2, -0.15) is 5.10 Å². The van der Waals surface area contributed by atoms with E-state index in [0.717, 1.165) is 0 Å². The van der Waals surface area contributed by atoms with E-state index in [1.54, 1.807) is 19.2 Å². The molecule has 5 heteroatoms. The first-order valence-electron chi connectivity index (χ1n) is 3.93. The summed E-state index contributed by atoms with van der Waals surface area (Å²) in [6, 6.07) is 4.60. The van der Waals surface area contributed by atoms with Crippen LogP contribution in [-0.4, -0.2) is 18.8 Å². The van der Waals surface area contributed by atoms with Crippen molar-refractivity contribution in [3.05, 3.63) is 29.6 Å². The fourth-order valence-corrected chi connectivity index (χ4v) is 1.59. The quantitative estimate of drug-likeness (QED) is 0.667. The maximum absolute atomic E-state index is 13.4. The number of hydrogen-bond donors (Lipinski definition) is 1. The van der Waals surface area contributed by atoms with Crippen LogP contribution in [0.2, 0.25) is 0 Å². The predicted octanol–water partition coefficient (Wildman–Crippen LogP) is 2.11. The van der Waals surface area contributed by atoms with Gasteiger partial charge in [0.05, 0.1) is 12.7 Å². The Balaban J connectivity index is 3.23. The molecule has 0 fully saturated rings. The Hall–Kier alpha value is -1.10. The van der Waals surface area contributed by atoms with Crippen LogP contribution < -0.4 is 10.2 Å². The molecule has 0 heterocycles. The Labute approximate surface area is 90.1 Å². The highest BCUT2D eigenvalue weighted by molar-refractivity contribution is 9.18. The molecule has 1 aromatic rings. The third kappa shape index (κ3) is 2.23. The second-order valence-electron chi connectivity index (χ2n) is 2.44. The Morgan fingerprint density at radius 2 is 2.29 bits per heavy atom. The molecular weight excluding hydrogens is 251 g/mol. The largest absolute Gasteiger partial charge is 0.496 e. The molecule has 1 N–H and O–H groups in total. The van der Waals surface area contributed by atoms with E-state index in [0.29, 0.717) is 15.9 Å². The molecule has 1 aromatic carbocycles. The van der Waals surface area contributed by atoms with Gasteiger partial charge in [-0.3, -0.25) is 0 Å². The van der Waals surface area contributed by atoms with Gasteiger partial charge in [0.25, 0.3) is 0 Å². The first-order chi connectivity index (χ1) is 6.70. The SMILES string of the molecule is CN/N=C(\Br)c1c(F)cccc1OC. The van der Waals surface area contributed by atoms with E-state index in [1.165, 1.54) is 13.2 Å². The first kappa shape index (κ1) is 11.0. The van der Waals surface area contributed by atoms with Gasteiger partial charge in [0.2, 0.25) is 0 Å². The van der Waals surface area contributed by atoms with Gasteiger partial charge in [0.15, 0.2) is 0 Å². The Bertz CT molecular complexity index is 355. The molecule has 0 radical (unpaired) electrons. The molecule has 3 nitrogen and oxygen atoms in total. The van der Waals surface area contributed by atoms with E-state index in [9.17, 15) is 4.39 Å². The summed E-state index contributed by atoms with van der Waals surface area (Å²) < 4.78 is 18.8. The third-order valence-corrected chi connectivity index (χ3v) is 2.19. The van der Waals surface area contributed by atoms with Crippen molar-refractivity contribution < 1.29 is 9.13 Å². The summed E-state index contributed by atoms with van der Waals surface area (Å²) >= 11 is 3.16. The number of rotatable bonds is 3. The summed E-state index contributed by atoms with van der Waals surface area (Å²) in [4.78, 5) is 0. The molecule has 0 saturated heterocycles. The standard InChI is InChI=1S/C9H10BrFN2O/c1-12-13-9(10)8-6(11)4-3-5-7(8)14-2/h3-5,12H,1-2H3/b13-9-. The van der Waals surface area contributed by atoms with E-state index in [-0.39, 0.29) is 5.82 Å². The van der Waals surface area contributed by atoms with Crippen molar-refractivity contribution in [3.63, 3.8) is 0 Å². The fraction of sp³-hybridized carbons (Fsp3) is 0.222. The van der Waals surface area contributed by atoms with Crippen LogP contribution >= 0.6 is 15.9 Å². The van der Waals surface area contributed by atoms with Gasteiger partial charge in [0.1, 0.15) is 16.2 Å². The Morgan fingerprint density at radius 3 is 2.86 bits per heavy atom. The molecule has 0 aliphatic rings. The third-order valence-electron chi connectivity index (χ3n) is 1.61. The van der Waals surface area contributed by atoms with Crippen LogP contribution in [0, 0.1) is 5.82 Å². The smallest absolute Gasteiger partial charge is 0.139 e. The molecule has 0 atom stereocenters. The summed E-state index contributed by atoms with van der Waals surface area (Å²) in [5, 5.41) is 3.83. The Morgan fingerprint density at radius 1 is 1.57 bits per heavy atom. The van der Waals surface area contributed by atoms with Crippen molar-refractivity contribution in [1.82, 2.24) is 5.43 Å². The minimum absolute atomic E-state index is 0.310. The summed E-state index contributed by atoms with van der Waals surface area (Å²) in [6.07, 6.45) is 0. The highest BCUT2D eigenvalue weighted by Crippen LogP contribution is 2.23. The zero-order valence-electron chi connectivity index (χ0n) is 7.84. The molecular formula is C9H10BrFN2O. The number of benzene rings is 1.